The first kappa shape index (κ1) is 26.2. The summed E-state index contributed by atoms with van der Waals surface area (Å²) >= 11 is 0. The monoisotopic (exact) mass is 504 g/mol. The van der Waals surface area contributed by atoms with Crippen LogP contribution in [0.5, 0.6) is 0 Å². The van der Waals surface area contributed by atoms with Gasteiger partial charge < -0.3 is 8.23 Å². The summed E-state index contributed by atoms with van der Waals surface area (Å²) < 4.78 is 14.6. The Morgan fingerprint density at radius 2 is 1.21 bits per heavy atom. The molecule has 3 aromatic carbocycles. The van der Waals surface area contributed by atoms with Gasteiger partial charge in [-0.25, -0.2) is 0 Å². The van der Waals surface area contributed by atoms with Crippen LogP contribution in [-0.4, -0.2) is 31.0 Å². The maximum absolute atomic E-state index is 12.7. The summed E-state index contributed by atoms with van der Waals surface area (Å²) in [6.07, 6.45) is 0. The molecule has 0 atom stereocenters. The van der Waals surface area contributed by atoms with Gasteiger partial charge in [-0.2, -0.15) is 0 Å². The van der Waals surface area contributed by atoms with E-state index in [0.717, 1.165) is 10.4 Å². The van der Waals surface area contributed by atoms with Crippen LogP contribution in [0.4, 0.5) is 0 Å². The third-order valence-corrected chi connectivity index (χ3v) is 17.6. The van der Waals surface area contributed by atoms with Gasteiger partial charge in [0.1, 0.15) is 0 Å². The summed E-state index contributed by atoms with van der Waals surface area (Å²) in [6, 6.07) is 29.7. The van der Waals surface area contributed by atoms with Crippen LogP contribution < -0.4 is 15.6 Å². The molecule has 0 N–H and O–H groups in total. The molecular weight excluding hydrogens is 469 g/mol. The van der Waals surface area contributed by atoms with E-state index in [-0.39, 0.29) is 5.78 Å². The van der Waals surface area contributed by atoms with E-state index in [1.165, 1.54) is 10.8 Å². The van der Waals surface area contributed by atoms with Crippen molar-refractivity contribution >= 4 is 46.5 Å². The predicted octanol–water partition coefficient (Wildman–Crippen LogP) is 5.05. The Morgan fingerprint density at radius 3 is 1.65 bits per heavy atom. The minimum absolute atomic E-state index is 0.0655. The molecule has 3 nitrogen and oxygen atoms in total. The molecule has 0 aromatic heterocycles. The molecule has 0 spiro atoms. The van der Waals surface area contributed by atoms with Gasteiger partial charge in [-0.1, -0.05) is 97.1 Å². The summed E-state index contributed by atoms with van der Waals surface area (Å²) in [5, 5.41) is 3.36. The number of benzene rings is 3. The molecule has 0 saturated heterocycles. The van der Waals surface area contributed by atoms with E-state index in [1.807, 2.05) is 36.4 Å². The van der Waals surface area contributed by atoms with Crippen molar-refractivity contribution in [1.82, 2.24) is 0 Å². The van der Waals surface area contributed by atoms with E-state index < -0.39 is 25.2 Å². The van der Waals surface area contributed by atoms with Crippen molar-refractivity contribution in [1.29, 1.82) is 0 Å². The number of allylic oxidation sites excluding steroid dienone is 1. The predicted molar refractivity (Wildman–Crippen MR) is 150 cm³/mol. The number of ketones is 1. The lowest BCUT2D eigenvalue weighted by Crippen LogP contribution is -2.72. The highest BCUT2D eigenvalue weighted by molar-refractivity contribution is 7.04. The van der Waals surface area contributed by atoms with E-state index in [4.69, 9.17) is 8.23 Å². The summed E-state index contributed by atoms with van der Waals surface area (Å²) in [7, 11) is -8.07. The minimum Gasteiger partial charge on any atom is -0.429 e. The largest absolute Gasteiger partial charge is 0.429 e. The zero-order valence-corrected chi connectivity index (χ0v) is 24.2. The summed E-state index contributed by atoms with van der Waals surface area (Å²) in [6.45, 7) is 16.4. The van der Waals surface area contributed by atoms with Crippen molar-refractivity contribution in [2.75, 3.05) is 0 Å². The third-order valence-electron chi connectivity index (χ3n) is 5.94. The van der Waals surface area contributed by atoms with Crippen molar-refractivity contribution in [2.24, 2.45) is 0 Å². The van der Waals surface area contributed by atoms with Crippen molar-refractivity contribution in [3.63, 3.8) is 0 Å². The average Bonchev–Trinajstić information content (AvgIpc) is 2.79. The van der Waals surface area contributed by atoms with Gasteiger partial charge in [-0.15, -0.1) is 0 Å². The Bertz CT molecular complexity index is 1090. The van der Waals surface area contributed by atoms with Gasteiger partial charge in [0.25, 0.3) is 0 Å². The SMILES string of the molecule is C=C(C)C(=O)C[Si](C)(C)O[Si](O[Si](C)(C)c1ccc(C)cc1)(c1ccccc1)c1ccccc1. The van der Waals surface area contributed by atoms with Crippen molar-refractivity contribution < 1.29 is 13.0 Å². The minimum atomic E-state index is -3.17. The summed E-state index contributed by atoms with van der Waals surface area (Å²) in [5.74, 6) is 0.0655. The highest BCUT2D eigenvalue weighted by atomic mass is 28.5. The summed E-state index contributed by atoms with van der Waals surface area (Å²) in [4.78, 5) is 12.7. The zero-order chi connectivity index (χ0) is 25.0. The molecule has 3 rings (SSSR count). The molecule has 0 heterocycles. The molecule has 0 fully saturated rings. The molecule has 0 bridgehead atoms. The van der Waals surface area contributed by atoms with Gasteiger partial charge in [0, 0.05) is 6.04 Å². The Balaban J connectivity index is 2.19. The van der Waals surface area contributed by atoms with Crippen molar-refractivity contribution in [2.45, 2.75) is 46.1 Å². The maximum atomic E-state index is 12.7. The van der Waals surface area contributed by atoms with E-state index in [1.54, 1.807) is 6.92 Å². The van der Waals surface area contributed by atoms with Crippen molar-refractivity contribution in [3.8, 4) is 0 Å². The molecular formula is C28H36O3Si3. The molecule has 0 radical (unpaired) electrons. The molecule has 0 unspecified atom stereocenters. The van der Waals surface area contributed by atoms with Crippen LogP contribution in [0.2, 0.25) is 32.2 Å². The first-order valence-electron chi connectivity index (χ1n) is 11.7. The van der Waals surface area contributed by atoms with Crippen LogP contribution in [0, 0.1) is 6.92 Å². The van der Waals surface area contributed by atoms with Gasteiger partial charge in [-0.3, -0.25) is 4.79 Å². The molecule has 0 saturated carbocycles. The van der Waals surface area contributed by atoms with E-state index in [9.17, 15) is 4.79 Å². The topological polar surface area (TPSA) is 35.5 Å². The highest BCUT2D eigenvalue weighted by Gasteiger charge is 2.51. The number of hydrogen-bond acceptors (Lipinski definition) is 3. The molecule has 6 heteroatoms. The Hall–Kier alpha value is -2.36. The van der Waals surface area contributed by atoms with E-state index in [2.05, 4.69) is 88.2 Å². The number of Topliss-reactive ketones (excluding diaryl/α,β-unsaturated/α-hetero) is 1. The number of aryl methyl sites for hydroxylation is 1. The van der Waals surface area contributed by atoms with Gasteiger partial charge in [0.15, 0.2) is 14.1 Å². The van der Waals surface area contributed by atoms with Crippen molar-refractivity contribution in [3.05, 3.63) is 103 Å². The number of carbonyl (C=O) groups is 1. The quantitative estimate of drug-likeness (QED) is 0.286. The van der Waals surface area contributed by atoms with Gasteiger partial charge in [0.05, 0.1) is 0 Å². The van der Waals surface area contributed by atoms with Crippen LogP contribution in [0.1, 0.15) is 12.5 Å². The van der Waals surface area contributed by atoms with Crippen LogP contribution in [-0.2, 0) is 13.0 Å². The van der Waals surface area contributed by atoms with Crippen LogP contribution in [0.25, 0.3) is 0 Å². The van der Waals surface area contributed by atoms with Crippen LogP contribution in [0.15, 0.2) is 97.1 Å². The normalized spacial score (nSPS) is 12.4. The Labute approximate surface area is 208 Å². The average molecular weight is 505 g/mol. The second-order valence-corrected chi connectivity index (χ2v) is 21.6. The lowest BCUT2D eigenvalue weighted by Gasteiger charge is -2.43. The number of hydrogen-bond donors (Lipinski definition) is 0. The number of rotatable bonds is 10. The Kier molecular flexibility index (Phi) is 8.10. The first-order valence-corrected chi connectivity index (χ1v) is 19.6. The molecule has 0 aliphatic carbocycles. The van der Waals surface area contributed by atoms with Gasteiger partial charge in [-0.05, 0) is 61.2 Å². The zero-order valence-electron chi connectivity index (χ0n) is 21.2. The van der Waals surface area contributed by atoms with E-state index >= 15 is 0 Å². The van der Waals surface area contributed by atoms with Gasteiger partial charge in [0.2, 0.25) is 8.32 Å². The first-order chi connectivity index (χ1) is 16.0. The second-order valence-electron chi connectivity index (χ2n) is 10.1. The van der Waals surface area contributed by atoms with E-state index in [0.29, 0.717) is 11.6 Å². The lowest BCUT2D eigenvalue weighted by atomic mass is 10.2. The second kappa shape index (κ2) is 10.5. The molecule has 3 aromatic rings. The highest BCUT2D eigenvalue weighted by Crippen LogP contribution is 2.25. The summed E-state index contributed by atoms with van der Waals surface area (Å²) in [5.41, 5.74) is 1.80. The van der Waals surface area contributed by atoms with Crippen LogP contribution in [0.3, 0.4) is 0 Å². The number of carbonyl (C=O) groups excluding carboxylic acids is 1. The molecule has 0 amide bonds. The molecule has 178 valence electrons. The van der Waals surface area contributed by atoms with Gasteiger partial charge >= 0.3 is 8.56 Å². The fourth-order valence-corrected chi connectivity index (χ4v) is 16.9. The standard InChI is InChI=1S/C28H36O3Si3/c1-23(2)28(29)22-32(4,5)30-34(26-14-10-8-11-15-26,27-16-12-9-13-17-27)31-33(6,7)25-20-18-24(3)19-21-25/h8-21H,1,22H2,2-7H3. The third kappa shape index (κ3) is 6.20. The maximum Gasteiger partial charge on any atom is 0.386 e. The molecule has 34 heavy (non-hydrogen) atoms. The fourth-order valence-electron chi connectivity index (χ4n) is 4.07. The Morgan fingerprint density at radius 1 is 0.735 bits per heavy atom. The smallest absolute Gasteiger partial charge is 0.386 e. The molecule has 0 aliphatic rings. The van der Waals surface area contributed by atoms with Crippen LogP contribution >= 0.6 is 0 Å². The fraction of sp³-hybridized carbons (Fsp3) is 0.250. The lowest BCUT2D eigenvalue weighted by molar-refractivity contribution is -0.113. The molecule has 0 aliphatic heterocycles.